The summed E-state index contributed by atoms with van der Waals surface area (Å²) in [4.78, 5) is 8.05. The zero-order chi connectivity index (χ0) is 14.2. The summed E-state index contributed by atoms with van der Waals surface area (Å²) in [5.74, 6) is 2.50. The van der Waals surface area contributed by atoms with Gasteiger partial charge in [-0.3, -0.25) is 4.90 Å². The van der Waals surface area contributed by atoms with E-state index in [0.717, 1.165) is 35.9 Å². The second-order valence-electron chi connectivity index (χ2n) is 5.07. The largest absolute Gasteiger partial charge is 0.497 e. The normalized spacial score (nSPS) is 29.4. The van der Waals surface area contributed by atoms with Crippen LogP contribution in [0.25, 0.3) is 0 Å². The number of hydrogen-bond donors (Lipinski definition) is 0. The van der Waals surface area contributed by atoms with E-state index in [1.54, 1.807) is 26.2 Å². The van der Waals surface area contributed by atoms with Crippen LogP contribution in [0.3, 0.4) is 0 Å². The Bertz CT molecular complexity index is 499. The first-order valence-corrected chi connectivity index (χ1v) is 7.70. The minimum Gasteiger partial charge on any atom is -0.497 e. The topological polar surface area (TPSA) is 37.2 Å². The van der Waals surface area contributed by atoms with Gasteiger partial charge in [0.25, 0.3) is 0 Å². The van der Waals surface area contributed by atoms with Crippen molar-refractivity contribution in [2.75, 3.05) is 26.5 Å². The first-order valence-electron chi connectivity index (χ1n) is 6.75. The van der Waals surface area contributed by atoms with Crippen molar-refractivity contribution in [2.24, 2.45) is 0 Å². The molecule has 0 bridgehead atoms. The molecule has 1 aromatic carbocycles. The summed E-state index contributed by atoms with van der Waals surface area (Å²) in [6.45, 7) is 3.94. The Kier molecular flexibility index (Phi) is 3.81. The minimum absolute atomic E-state index is 0.272. The van der Waals surface area contributed by atoms with Crippen LogP contribution in [0.4, 0.5) is 0 Å². The smallest absolute Gasteiger partial charge is 0.229 e. The van der Waals surface area contributed by atoms with Gasteiger partial charge in [0.1, 0.15) is 11.5 Å². The van der Waals surface area contributed by atoms with Crippen molar-refractivity contribution < 1.29 is 14.3 Å². The van der Waals surface area contributed by atoms with Crippen LogP contribution in [0.2, 0.25) is 0 Å². The van der Waals surface area contributed by atoms with Gasteiger partial charge in [-0.2, -0.15) is 0 Å². The van der Waals surface area contributed by atoms with Crippen LogP contribution in [-0.2, 0) is 11.4 Å². The van der Waals surface area contributed by atoms with Gasteiger partial charge in [0.15, 0.2) is 0 Å². The number of ether oxygens (including phenoxy) is 2. The maximum absolute atomic E-state index is 5.71. The van der Waals surface area contributed by atoms with Crippen LogP contribution < -0.4 is 9.47 Å². The highest BCUT2D eigenvalue weighted by Gasteiger charge is 2.57. The Morgan fingerprint density at radius 2 is 2.20 bits per heavy atom. The number of benzene rings is 1. The maximum Gasteiger partial charge on any atom is 0.229 e. The predicted molar refractivity (Wildman–Crippen MR) is 78.4 cm³/mol. The van der Waals surface area contributed by atoms with Crippen molar-refractivity contribution in [2.45, 2.75) is 25.7 Å². The van der Waals surface area contributed by atoms with Crippen LogP contribution in [0.5, 0.6) is 11.5 Å². The third kappa shape index (κ3) is 2.48. The monoisotopic (exact) mass is 296 g/mol. The van der Waals surface area contributed by atoms with Gasteiger partial charge in [-0.15, -0.1) is 0 Å². The Morgan fingerprint density at radius 3 is 2.95 bits per heavy atom. The van der Waals surface area contributed by atoms with Crippen LogP contribution >= 0.6 is 11.9 Å². The van der Waals surface area contributed by atoms with Crippen molar-refractivity contribution in [3.05, 3.63) is 23.8 Å². The molecule has 0 spiro atoms. The fourth-order valence-electron chi connectivity index (χ4n) is 2.48. The number of hydroxylamine groups is 1. The molecular weight excluding hydrogens is 276 g/mol. The standard InChI is InChI=1S/C14H20N2O3S/c1-14-15(7-4-8-20-16(14)19-14)10-11-5-6-12(17-2)9-13(11)18-3/h5-6,9H,4,7-8,10H2,1-3H3. The SMILES string of the molecule is COc1ccc(CN2CCCSN3OC23C)c(OC)c1. The lowest BCUT2D eigenvalue weighted by Crippen LogP contribution is -2.37. The van der Waals surface area contributed by atoms with E-state index in [2.05, 4.69) is 17.9 Å². The third-order valence-electron chi connectivity index (χ3n) is 3.79. The fraction of sp³-hybridized carbons (Fsp3) is 0.571. The molecule has 5 nitrogen and oxygen atoms in total. The zero-order valence-electron chi connectivity index (χ0n) is 12.1. The van der Waals surface area contributed by atoms with Crippen molar-refractivity contribution in [3.63, 3.8) is 0 Å². The minimum atomic E-state index is -0.272. The van der Waals surface area contributed by atoms with Gasteiger partial charge in [0.2, 0.25) is 5.85 Å². The van der Waals surface area contributed by atoms with Crippen LogP contribution in [0.15, 0.2) is 18.2 Å². The van der Waals surface area contributed by atoms with E-state index in [4.69, 9.17) is 14.3 Å². The van der Waals surface area contributed by atoms with Gasteiger partial charge in [0.05, 0.1) is 14.2 Å². The lowest BCUT2D eigenvalue weighted by molar-refractivity contribution is 0.0849. The molecule has 2 aliphatic rings. The lowest BCUT2D eigenvalue weighted by Gasteiger charge is -2.24. The summed E-state index contributed by atoms with van der Waals surface area (Å²) in [7, 11) is 3.36. The number of hydrogen-bond acceptors (Lipinski definition) is 6. The molecule has 20 heavy (non-hydrogen) atoms. The van der Waals surface area contributed by atoms with E-state index >= 15 is 0 Å². The number of fused-ring (bicyclic) bond motifs is 1. The molecule has 2 aliphatic heterocycles. The highest BCUT2D eigenvalue weighted by Crippen LogP contribution is 2.47. The molecule has 2 atom stereocenters. The first kappa shape index (κ1) is 14.0. The Balaban J connectivity index is 1.80. The van der Waals surface area contributed by atoms with Gasteiger partial charge < -0.3 is 9.47 Å². The average Bonchev–Trinajstić information content (AvgIpc) is 3.15. The molecule has 3 rings (SSSR count). The van der Waals surface area contributed by atoms with Crippen LogP contribution in [0, 0.1) is 0 Å². The van der Waals surface area contributed by atoms with E-state index in [1.165, 1.54) is 6.42 Å². The molecule has 2 fully saturated rings. The lowest BCUT2D eigenvalue weighted by atomic mass is 10.1. The Morgan fingerprint density at radius 1 is 1.35 bits per heavy atom. The molecule has 0 N–H and O–H groups in total. The molecule has 1 aromatic rings. The van der Waals surface area contributed by atoms with E-state index < -0.39 is 0 Å². The van der Waals surface area contributed by atoms with Crippen molar-refractivity contribution in [1.82, 2.24) is 9.37 Å². The van der Waals surface area contributed by atoms with Gasteiger partial charge in [-0.1, -0.05) is 10.5 Å². The van der Waals surface area contributed by atoms with Crippen LogP contribution in [0.1, 0.15) is 18.9 Å². The molecule has 110 valence electrons. The molecule has 0 aliphatic carbocycles. The summed E-state index contributed by atoms with van der Waals surface area (Å²) in [5.41, 5.74) is 1.15. The molecule has 0 saturated carbocycles. The summed E-state index contributed by atoms with van der Waals surface area (Å²) in [6, 6.07) is 5.96. The Hall–Kier alpha value is -0.950. The molecule has 0 aromatic heterocycles. The van der Waals surface area contributed by atoms with E-state index in [0.29, 0.717) is 0 Å². The third-order valence-corrected chi connectivity index (χ3v) is 4.90. The van der Waals surface area contributed by atoms with E-state index in [9.17, 15) is 0 Å². The maximum atomic E-state index is 5.71. The molecule has 2 saturated heterocycles. The quantitative estimate of drug-likeness (QED) is 0.628. The summed E-state index contributed by atoms with van der Waals surface area (Å²) >= 11 is 1.76. The molecule has 0 amide bonds. The van der Waals surface area contributed by atoms with Crippen molar-refractivity contribution >= 4 is 11.9 Å². The van der Waals surface area contributed by atoms with Gasteiger partial charge in [0, 0.05) is 30.5 Å². The molecule has 2 unspecified atom stereocenters. The summed E-state index contributed by atoms with van der Waals surface area (Å²) < 4.78 is 12.7. The predicted octanol–water partition coefficient (Wildman–Crippen LogP) is 2.48. The second kappa shape index (κ2) is 5.44. The molecule has 0 radical (unpaired) electrons. The first-order chi connectivity index (χ1) is 9.67. The summed E-state index contributed by atoms with van der Waals surface area (Å²) in [6.07, 6.45) is 1.17. The number of rotatable bonds is 4. The Labute approximate surface area is 123 Å². The molecular formula is C14H20N2O3S. The second-order valence-corrected chi connectivity index (χ2v) is 6.07. The van der Waals surface area contributed by atoms with Gasteiger partial charge in [-0.05, 0) is 31.4 Å². The number of nitrogens with zero attached hydrogens (tertiary/aromatic N) is 2. The fourth-order valence-corrected chi connectivity index (χ4v) is 3.45. The van der Waals surface area contributed by atoms with E-state index in [1.807, 2.05) is 16.6 Å². The summed E-state index contributed by atoms with van der Waals surface area (Å²) in [5, 5.41) is 0. The molecule has 2 heterocycles. The van der Waals surface area contributed by atoms with Crippen molar-refractivity contribution in [3.8, 4) is 11.5 Å². The average molecular weight is 296 g/mol. The number of methoxy groups -OCH3 is 2. The molecule has 6 heteroatoms. The highest BCUT2D eigenvalue weighted by atomic mass is 32.2. The van der Waals surface area contributed by atoms with Crippen molar-refractivity contribution in [1.29, 1.82) is 0 Å². The van der Waals surface area contributed by atoms with E-state index in [-0.39, 0.29) is 5.85 Å². The zero-order valence-corrected chi connectivity index (χ0v) is 12.9. The van der Waals surface area contributed by atoms with Gasteiger partial charge >= 0.3 is 0 Å². The highest BCUT2D eigenvalue weighted by molar-refractivity contribution is 7.97. The van der Waals surface area contributed by atoms with Gasteiger partial charge in [-0.25, -0.2) is 4.84 Å². The van der Waals surface area contributed by atoms with Crippen LogP contribution in [-0.4, -0.2) is 41.7 Å².